The third kappa shape index (κ3) is 2.65. The first-order chi connectivity index (χ1) is 8.50. The van der Waals surface area contributed by atoms with E-state index in [1.165, 1.54) is 6.07 Å². The lowest BCUT2D eigenvalue weighted by Crippen LogP contribution is -2.07. The minimum absolute atomic E-state index is 0.351. The molecule has 2 heterocycles. The minimum atomic E-state index is -4.43. The molecule has 0 aliphatic carbocycles. The zero-order valence-corrected chi connectivity index (χ0v) is 9.28. The van der Waals surface area contributed by atoms with Gasteiger partial charge in [-0.3, -0.25) is 9.97 Å². The van der Waals surface area contributed by atoms with Gasteiger partial charge in [0.05, 0.1) is 5.69 Å². The van der Waals surface area contributed by atoms with Gasteiger partial charge in [0.15, 0.2) is 0 Å². The highest BCUT2D eigenvalue weighted by Gasteiger charge is 2.32. The summed E-state index contributed by atoms with van der Waals surface area (Å²) in [6.07, 6.45) is -1.70. The molecule has 2 aromatic rings. The van der Waals surface area contributed by atoms with E-state index in [0.717, 1.165) is 17.8 Å². The average molecular weight is 253 g/mol. The van der Waals surface area contributed by atoms with Gasteiger partial charge in [-0.2, -0.15) is 13.2 Å². The van der Waals surface area contributed by atoms with Gasteiger partial charge in [-0.1, -0.05) is 0 Å². The summed E-state index contributed by atoms with van der Waals surface area (Å²) in [5.74, 6) is 0. The normalized spacial score (nSPS) is 11.6. The average Bonchev–Trinajstić information content (AvgIpc) is 2.38. The van der Waals surface area contributed by atoms with Crippen LogP contribution >= 0.6 is 0 Å². The van der Waals surface area contributed by atoms with E-state index in [9.17, 15) is 13.2 Å². The van der Waals surface area contributed by atoms with Crippen LogP contribution in [0.4, 0.5) is 13.2 Å². The van der Waals surface area contributed by atoms with E-state index < -0.39 is 11.9 Å². The van der Waals surface area contributed by atoms with Crippen LogP contribution in [-0.2, 0) is 12.7 Å². The molecule has 0 fully saturated rings. The van der Waals surface area contributed by atoms with Gasteiger partial charge in [-0.15, -0.1) is 0 Å². The van der Waals surface area contributed by atoms with E-state index in [-0.39, 0.29) is 0 Å². The Bertz CT molecular complexity index is 535. The van der Waals surface area contributed by atoms with E-state index in [1.807, 2.05) is 0 Å². The van der Waals surface area contributed by atoms with Crippen molar-refractivity contribution in [2.45, 2.75) is 12.7 Å². The summed E-state index contributed by atoms with van der Waals surface area (Å²) in [4.78, 5) is 7.46. The van der Waals surface area contributed by atoms with Crippen molar-refractivity contribution in [3.05, 3.63) is 47.9 Å². The molecule has 0 saturated heterocycles. The SMILES string of the molecule is NCc1ccnc(-c2ccc(C(F)(F)F)nc2)c1. The monoisotopic (exact) mass is 253 g/mol. The number of nitrogens with two attached hydrogens (primary N) is 1. The van der Waals surface area contributed by atoms with Crippen molar-refractivity contribution in [2.75, 3.05) is 0 Å². The van der Waals surface area contributed by atoms with Gasteiger partial charge in [0.25, 0.3) is 0 Å². The molecule has 0 amide bonds. The largest absolute Gasteiger partial charge is 0.433 e. The number of pyridine rings is 2. The number of aromatic nitrogens is 2. The number of nitrogens with zero attached hydrogens (tertiary/aromatic N) is 2. The molecule has 3 nitrogen and oxygen atoms in total. The highest BCUT2D eigenvalue weighted by molar-refractivity contribution is 5.58. The van der Waals surface area contributed by atoms with Crippen molar-refractivity contribution in [1.29, 1.82) is 0 Å². The van der Waals surface area contributed by atoms with Gasteiger partial charge in [0, 0.05) is 24.5 Å². The molecule has 0 spiro atoms. The summed E-state index contributed by atoms with van der Waals surface area (Å²) in [6.45, 7) is 0.351. The molecule has 0 aliphatic heterocycles. The zero-order valence-electron chi connectivity index (χ0n) is 9.28. The fourth-order valence-corrected chi connectivity index (χ4v) is 1.47. The van der Waals surface area contributed by atoms with Gasteiger partial charge >= 0.3 is 6.18 Å². The second-order valence-electron chi connectivity index (χ2n) is 3.68. The summed E-state index contributed by atoms with van der Waals surface area (Å²) in [6, 6.07) is 5.76. The maximum absolute atomic E-state index is 12.3. The van der Waals surface area contributed by atoms with Crippen LogP contribution in [0.1, 0.15) is 11.3 Å². The lowest BCUT2D eigenvalue weighted by atomic mass is 10.1. The van der Waals surface area contributed by atoms with Crippen LogP contribution in [0.25, 0.3) is 11.3 Å². The minimum Gasteiger partial charge on any atom is -0.326 e. The van der Waals surface area contributed by atoms with Crippen LogP contribution in [0.15, 0.2) is 36.7 Å². The van der Waals surface area contributed by atoms with Crippen LogP contribution in [0.5, 0.6) is 0 Å². The van der Waals surface area contributed by atoms with Crippen molar-refractivity contribution in [3.63, 3.8) is 0 Å². The Kier molecular flexibility index (Phi) is 3.29. The first kappa shape index (κ1) is 12.5. The summed E-state index contributed by atoms with van der Waals surface area (Å²) >= 11 is 0. The Morgan fingerprint density at radius 1 is 1.11 bits per heavy atom. The molecule has 2 N–H and O–H groups in total. The second kappa shape index (κ2) is 4.73. The molecule has 0 radical (unpaired) electrons. The maximum Gasteiger partial charge on any atom is 0.433 e. The second-order valence-corrected chi connectivity index (χ2v) is 3.68. The first-order valence-corrected chi connectivity index (χ1v) is 5.19. The molecular weight excluding hydrogens is 243 g/mol. The summed E-state index contributed by atoms with van der Waals surface area (Å²) in [7, 11) is 0. The highest BCUT2D eigenvalue weighted by atomic mass is 19.4. The molecule has 2 rings (SSSR count). The topological polar surface area (TPSA) is 51.8 Å². The van der Waals surface area contributed by atoms with Gasteiger partial charge in [-0.25, -0.2) is 0 Å². The molecular formula is C12H10F3N3. The zero-order chi connectivity index (χ0) is 13.2. The number of alkyl halides is 3. The first-order valence-electron chi connectivity index (χ1n) is 5.19. The molecule has 0 unspecified atom stereocenters. The molecule has 2 aromatic heterocycles. The van der Waals surface area contributed by atoms with Crippen molar-refractivity contribution >= 4 is 0 Å². The number of halogens is 3. The highest BCUT2D eigenvalue weighted by Crippen LogP contribution is 2.28. The van der Waals surface area contributed by atoms with E-state index in [4.69, 9.17) is 5.73 Å². The van der Waals surface area contributed by atoms with Crippen LogP contribution in [-0.4, -0.2) is 9.97 Å². The Labute approximate surface area is 101 Å². The molecule has 0 bridgehead atoms. The Morgan fingerprint density at radius 3 is 2.44 bits per heavy atom. The Morgan fingerprint density at radius 2 is 1.89 bits per heavy atom. The van der Waals surface area contributed by atoms with Crippen molar-refractivity contribution < 1.29 is 13.2 Å². The summed E-state index contributed by atoms with van der Waals surface area (Å²) < 4.78 is 37.0. The van der Waals surface area contributed by atoms with E-state index >= 15 is 0 Å². The van der Waals surface area contributed by atoms with Crippen LogP contribution in [0.2, 0.25) is 0 Å². The van der Waals surface area contributed by atoms with Crippen LogP contribution in [0, 0.1) is 0 Å². The van der Waals surface area contributed by atoms with Gasteiger partial charge in [0.2, 0.25) is 0 Å². The quantitative estimate of drug-likeness (QED) is 0.895. The Hall–Kier alpha value is -1.95. The maximum atomic E-state index is 12.3. The summed E-state index contributed by atoms with van der Waals surface area (Å²) in [5.41, 5.74) is 6.51. The van der Waals surface area contributed by atoms with Gasteiger partial charge < -0.3 is 5.73 Å². The standard InChI is InChI=1S/C12H10F3N3/c13-12(14,15)11-2-1-9(7-18-11)10-5-8(6-16)3-4-17-10/h1-5,7H,6,16H2. The van der Waals surface area contributed by atoms with E-state index in [1.54, 1.807) is 18.3 Å². The smallest absolute Gasteiger partial charge is 0.326 e. The Balaban J connectivity index is 2.34. The van der Waals surface area contributed by atoms with Gasteiger partial charge in [0.1, 0.15) is 5.69 Å². The third-order valence-corrected chi connectivity index (χ3v) is 2.41. The number of rotatable bonds is 2. The van der Waals surface area contributed by atoms with Crippen molar-refractivity contribution in [2.24, 2.45) is 5.73 Å². The molecule has 6 heteroatoms. The molecule has 0 saturated carbocycles. The molecule has 0 aromatic carbocycles. The predicted molar refractivity (Wildman–Crippen MR) is 60.4 cm³/mol. The fraction of sp³-hybridized carbons (Fsp3) is 0.167. The number of hydrogen-bond acceptors (Lipinski definition) is 3. The van der Waals surface area contributed by atoms with Crippen LogP contribution < -0.4 is 5.73 Å². The van der Waals surface area contributed by atoms with Gasteiger partial charge in [-0.05, 0) is 29.8 Å². The molecule has 0 aliphatic rings. The van der Waals surface area contributed by atoms with Crippen LogP contribution in [0.3, 0.4) is 0 Å². The summed E-state index contributed by atoms with van der Waals surface area (Å²) in [5, 5.41) is 0. The molecule has 0 atom stereocenters. The predicted octanol–water partition coefficient (Wildman–Crippen LogP) is 2.62. The van der Waals surface area contributed by atoms with E-state index in [0.29, 0.717) is 17.8 Å². The van der Waals surface area contributed by atoms with Crippen molar-refractivity contribution in [1.82, 2.24) is 9.97 Å². The van der Waals surface area contributed by atoms with E-state index in [2.05, 4.69) is 9.97 Å². The third-order valence-electron chi connectivity index (χ3n) is 2.41. The number of hydrogen-bond donors (Lipinski definition) is 1. The molecule has 94 valence electrons. The molecule has 18 heavy (non-hydrogen) atoms. The lowest BCUT2D eigenvalue weighted by Gasteiger charge is -2.06. The lowest BCUT2D eigenvalue weighted by molar-refractivity contribution is -0.141. The van der Waals surface area contributed by atoms with Crippen molar-refractivity contribution in [3.8, 4) is 11.3 Å². The fourth-order valence-electron chi connectivity index (χ4n) is 1.47.